The summed E-state index contributed by atoms with van der Waals surface area (Å²) in [7, 11) is 1.68. The summed E-state index contributed by atoms with van der Waals surface area (Å²) in [6, 6.07) is -1.19. The Morgan fingerprint density at radius 2 is 2.13 bits per heavy atom. The number of hydrogen-bond acceptors (Lipinski definition) is 2. The topological polar surface area (TPSA) is 43.8 Å². The molecular formula is C9H14ClF2N3. The Labute approximate surface area is 92.2 Å². The smallest absolute Gasteiger partial charge is 0.253 e. The summed E-state index contributed by atoms with van der Waals surface area (Å²) in [5.74, 6) is 0. The van der Waals surface area contributed by atoms with E-state index in [0.29, 0.717) is 17.1 Å². The van der Waals surface area contributed by atoms with Crippen LogP contribution in [0.1, 0.15) is 18.3 Å². The third-order valence-corrected chi connectivity index (χ3v) is 2.69. The first-order valence-corrected chi connectivity index (χ1v) is 5.09. The van der Waals surface area contributed by atoms with Crippen molar-refractivity contribution in [1.29, 1.82) is 0 Å². The highest BCUT2D eigenvalue weighted by Crippen LogP contribution is 2.22. The molecule has 2 N–H and O–H groups in total. The number of nitrogens with two attached hydrogens (primary N) is 1. The van der Waals surface area contributed by atoms with Crippen LogP contribution in [0.5, 0.6) is 0 Å². The maximum absolute atomic E-state index is 12.3. The van der Waals surface area contributed by atoms with Crippen molar-refractivity contribution in [2.45, 2.75) is 32.2 Å². The zero-order chi connectivity index (χ0) is 11.6. The van der Waals surface area contributed by atoms with E-state index in [1.54, 1.807) is 7.05 Å². The van der Waals surface area contributed by atoms with Crippen LogP contribution < -0.4 is 5.73 Å². The molecule has 0 spiro atoms. The van der Waals surface area contributed by atoms with Crippen LogP contribution in [0.15, 0.2) is 0 Å². The standard InChI is InChI=1S/C9H14ClF2N3/c1-3-6-8(10)7(15(2)14-6)4-5(13)9(11)12/h5,9H,3-4,13H2,1-2H3. The van der Waals surface area contributed by atoms with Crippen molar-refractivity contribution in [3.63, 3.8) is 0 Å². The molecule has 1 unspecified atom stereocenters. The van der Waals surface area contributed by atoms with Gasteiger partial charge in [0.1, 0.15) is 0 Å². The molecule has 0 saturated carbocycles. The number of nitrogens with zero attached hydrogens (tertiary/aromatic N) is 2. The van der Waals surface area contributed by atoms with Gasteiger partial charge in [0.25, 0.3) is 6.43 Å². The fraction of sp³-hybridized carbons (Fsp3) is 0.667. The van der Waals surface area contributed by atoms with Crippen LogP contribution in [-0.2, 0) is 19.9 Å². The van der Waals surface area contributed by atoms with Gasteiger partial charge in [-0.05, 0) is 6.42 Å². The molecule has 0 aliphatic rings. The Hall–Kier alpha value is -0.680. The molecule has 1 aromatic rings. The highest BCUT2D eigenvalue weighted by Gasteiger charge is 2.21. The first kappa shape index (κ1) is 12.4. The summed E-state index contributed by atoms with van der Waals surface area (Å²) in [5.41, 5.74) is 6.58. The van der Waals surface area contributed by atoms with E-state index < -0.39 is 12.5 Å². The van der Waals surface area contributed by atoms with Crippen molar-refractivity contribution < 1.29 is 8.78 Å². The molecule has 15 heavy (non-hydrogen) atoms. The minimum atomic E-state index is -2.54. The van der Waals surface area contributed by atoms with Crippen LogP contribution in [-0.4, -0.2) is 22.2 Å². The van der Waals surface area contributed by atoms with Gasteiger partial charge in [0, 0.05) is 13.5 Å². The van der Waals surface area contributed by atoms with Crippen LogP contribution in [0.2, 0.25) is 5.02 Å². The predicted octanol–water partition coefficient (Wildman–Crippen LogP) is 1.77. The van der Waals surface area contributed by atoms with Gasteiger partial charge in [-0.1, -0.05) is 18.5 Å². The summed E-state index contributed by atoms with van der Waals surface area (Å²) < 4.78 is 26.1. The van der Waals surface area contributed by atoms with Crippen LogP contribution in [0, 0.1) is 0 Å². The third kappa shape index (κ3) is 2.66. The molecule has 0 amide bonds. The normalized spacial score (nSPS) is 13.5. The third-order valence-electron chi connectivity index (χ3n) is 2.26. The second kappa shape index (κ2) is 4.90. The van der Waals surface area contributed by atoms with E-state index in [2.05, 4.69) is 5.10 Å². The molecule has 1 atom stereocenters. The number of halogens is 3. The highest BCUT2D eigenvalue weighted by atomic mass is 35.5. The Morgan fingerprint density at radius 1 is 1.53 bits per heavy atom. The van der Waals surface area contributed by atoms with Gasteiger partial charge in [0.2, 0.25) is 0 Å². The molecule has 3 nitrogen and oxygen atoms in total. The van der Waals surface area contributed by atoms with Gasteiger partial charge in [-0.2, -0.15) is 5.10 Å². The van der Waals surface area contributed by atoms with Crippen molar-refractivity contribution >= 4 is 11.6 Å². The first-order valence-electron chi connectivity index (χ1n) is 4.71. The summed E-state index contributed by atoms with van der Waals surface area (Å²) in [5, 5.41) is 4.58. The van der Waals surface area contributed by atoms with E-state index in [0.717, 1.165) is 5.69 Å². The summed E-state index contributed by atoms with van der Waals surface area (Å²) in [4.78, 5) is 0. The predicted molar refractivity (Wildman–Crippen MR) is 55.3 cm³/mol. The van der Waals surface area contributed by atoms with Crippen LogP contribution >= 0.6 is 11.6 Å². The minimum Gasteiger partial charge on any atom is -0.323 e. The Morgan fingerprint density at radius 3 is 2.53 bits per heavy atom. The van der Waals surface area contributed by atoms with Crippen molar-refractivity contribution in [2.24, 2.45) is 12.8 Å². The molecule has 1 aromatic heterocycles. The molecule has 1 heterocycles. The van der Waals surface area contributed by atoms with Crippen molar-refractivity contribution in [3.8, 4) is 0 Å². The zero-order valence-corrected chi connectivity index (χ0v) is 9.43. The molecule has 0 aliphatic heterocycles. The molecule has 1 rings (SSSR count). The molecule has 0 bridgehead atoms. The van der Waals surface area contributed by atoms with Crippen LogP contribution in [0.25, 0.3) is 0 Å². The Kier molecular flexibility index (Phi) is 4.04. The van der Waals surface area contributed by atoms with Crippen LogP contribution in [0.3, 0.4) is 0 Å². The van der Waals surface area contributed by atoms with E-state index >= 15 is 0 Å². The molecule has 0 saturated heterocycles. The summed E-state index contributed by atoms with van der Waals surface area (Å²) >= 11 is 5.99. The van der Waals surface area contributed by atoms with Crippen molar-refractivity contribution in [1.82, 2.24) is 9.78 Å². The van der Waals surface area contributed by atoms with E-state index in [-0.39, 0.29) is 6.42 Å². The maximum Gasteiger partial charge on any atom is 0.253 e. The van der Waals surface area contributed by atoms with Gasteiger partial charge in [-0.15, -0.1) is 0 Å². The lowest BCUT2D eigenvalue weighted by Gasteiger charge is -2.10. The summed E-state index contributed by atoms with van der Waals surface area (Å²) in [6.07, 6.45) is -1.82. The van der Waals surface area contributed by atoms with E-state index in [4.69, 9.17) is 17.3 Å². The molecule has 86 valence electrons. The minimum absolute atomic E-state index is 0.0417. The van der Waals surface area contributed by atoms with E-state index in [1.165, 1.54) is 4.68 Å². The first-order chi connectivity index (χ1) is 6.97. The SMILES string of the molecule is CCc1nn(C)c(CC(N)C(F)F)c1Cl. The number of alkyl halides is 2. The van der Waals surface area contributed by atoms with Crippen molar-refractivity contribution in [2.75, 3.05) is 0 Å². The fourth-order valence-corrected chi connectivity index (χ4v) is 1.72. The van der Waals surface area contributed by atoms with Crippen molar-refractivity contribution in [3.05, 3.63) is 16.4 Å². The Balaban J connectivity index is 2.89. The molecule has 6 heteroatoms. The molecule has 0 radical (unpaired) electrons. The quantitative estimate of drug-likeness (QED) is 0.868. The zero-order valence-electron chi connectivity index (χ0n) is 8.67. The second-order valence-electron chi connectivity index (χ2n) is 3.39. The molecular weight excluding hydrogens is 224 g/mol. The number of aryl methyl sites for hydroxylation is 2. The van der Waals surface area contributed by atoms with Gasteiger partial charge < -0.3 is 5.73 Å². The average molecular weight is 238 g/mol. The van der Waals surface area contributed by atoms with Gasteiger partial charge in [-0.25, -0.2) is 8.78 Å². The largest absolute Gasteiger partial charge is 0.323 e. The maximum atomic E-state index is 12.3. The fourth-order valence-electron chi connectivity index (χ4n) is 1.35. The number of aromatic nitrogens is 2. The van der Waals surface area contributed by atoms with Gasteiger partial charge >= 0.3 is 0 Å². The molecule has 0 aliphatic carbocycles. The number of rotatable bonds is 4. The van der Waals surface area contributed by atoms with Gasteiger partial charge in [0.15, 0.2) is 0 Å². The van der Waals surface area contributed by atoms with Crippen LogP contribution in [0.4, 0.5) is 8.78 Å². The lowest BCUT2D eigenvalue weighted by Crippen LogP contribution is -2.31. The molecule has 0 fully saturated rings. The van der Waals surface area contributed by atoms with Gasteiger partial charge in [-0.3, -0.25) is 4.68 Å². The lowest BCUT2D eigenvalue weighted by molar-refractivity contribution is 0.115. The number of hydrogen-bond donors (Lipinski definition) is 1. The van der Waals surface area contributed by atoms with Gasteiger partial charge in [0.05, 0.1) is 22.5 Å². The second-order valence-corrected chi connectivity index (χ2v) is 3.76. The molecule has 0 aromatic carbocycles. The lowest BCUT2D eigenvalue weighted by atomic mass is 10.1. The Bertz CT molecular complexity index is 338. The van der Waals surface area contributed by atoms with E-state index in [9.17, 15) is 8.78 Å². The van der Waals surface area contributed by atoms with E-state index in [1.807, 2.05) is 6.92 Å². The monoisotopic (exact) mass is 237 g/mol. The highest BCUT2D eigenvalue weighted by molar-refractivity contribution is 6.31. The average Bonchev–Trinajstić information content (AvgIpc) is 2.44. The summed E-state index contributed by atoms with van der Waals surface area (Å²) in [6.45, 7) is 1.91.